The summed E-state index contributed by atoms with van der Waals surface area (Å²) in [5, 5.41) is 13.9. The monoisotopic (exact) mass is 445 g/mol. The number of hydrogen-bond acceptors (Lipinski definition) is 6. The van der Waals surface area contributed by atoms with Crippen molar-refractivity contribution in [3.8, 4) is 17.2 Å². The zero-order valence-corrected chi connectivity index (χ0v) is 17.9. The number of carbonyl (C=O) groups is 2. The number of carboxylic acids is 1. The molecule has 0 saturated heterocycles. The molecule has 33 heavy (non-hydrogen) atoms. The van der Waals surface area contributed by atoms with Crippen molar-refractivity contribution >= 4 is 22.5 Å². The van der Waals surface area contributed by atoms with Gasteiger partial charge in [-0.1, -0.05) is 18.2 Å². The minimum atomic E-state index is -1.27. The quantitative estimate of drug-likeness (QED) is 0.470. The summed E-state index contributed by atoms with van der Waals surface area (Å²) >= 11 is 0. The third-order valence-electron chi connectivity index (χ3n) is 5.71. The van der Waals surface area contributed by atoms with E-state index in [9.17, 15) is 19.5 Å². The van der Waals surface area contributed by atoms with Crippen molar-refractivity contribution in [2.45, 2.75) is 20.4 Å². The molecule has 0 saturated carbocycles. The standard InChI is InChI=1S/C24H19N3O6/c1-13-9-18(14(2)27(13)15-7-8-20-21(10-15)33-12-32-20)19(28)11-26-23(29)17-6-4-3-5-16(17)22(25-26)24(30)31/h3-10H,11-12H2,1-2H3,(H,30,31). The molecule has 2 aromatic carbocycles. The van der Waals surface area contributed by atoms with Crippen molar-refractivity contribution in [3.63, 3.8) is 0 Å². The summed E-state index contributed by atoms with van der Waals surface area (Å²) in [5.74, 6) is -0.334. The first-order valence-corrected chi connectivity index (χ1v) is 10.2. The van der Waals surface area contributed by atoms with Crippen LogP contribution in [0.4, 0.5) is 0 Å². The molecule has 5 rings (SSSR count). The van der Waals surface area contributed by atoms with Crippen LogP contribution in [0.25, 0.3) is 16.5 Å². The van der Waals surface area contributed by atoms with Gasteiger partial charge in [-0.25, -0.2) is 9.48 Å². The second-order valence-corrected chi connectivity index (χ2v) is 7.74. The van der Waals surface area contributed by atoms with Gasteiger partial charge in [0.05, 0.1) is 5.39 Å². The Balaban J connectivity index is 1.54. The number of fused-ring (bicyclic) bond motifs is 2. The summed E-state index contributed by atoms with van der Waals surface area (Å²) in [6, 6.07) is 13.6. The molecular formula is C24H19N3O6. The number of hydrogen-bond donors (Lipinski definition) is 1. The Hall–Kier alpha value is -4.40. The number of ether oxygens (including phenoxy) is 2. The van der Waals surface area contributed by atoms with Crippen LogP contribution in [0, 0.1) is 13.8 Å². The number of carboxylic acid groups (broad SMARTS) is 1. The maximum atomic E-state index is 13.2. The predicted octanol–water partition coefficient (Wildman–Crippen LogP) is 3.11. The highest BCUT2D eigenvalue weighted by atomic mass is 16.7. The lowest BCUT2D eigenvalue weighted by Crippen LogP contribution is -2.29. The highest BCUT2D eigenvalue weighted by molar-refractivity contribution is 6.01. The van der Waals surface area contributed by atoms with Crippen LogP contribution < -0.4 is 15.0 Å². The van der Waals surface area contributed by atoms with Crippen LogP contribution in [0.15, 0.2) is 53.3 Å². The van der Waals surface area contributed by atoms with Crippen molar-refractivity contribution in [1.82, 2.24) is 14.3 Å². The van der Waals surface area contributed by atoms with E-state index in [1.54, 1.807) is 18.2 Å². The minimum absolute atomic E-state index is 0.165. The van der Waals surface area contributed by atoms with E-state index in [4.69, 9.17) is 9.47 Å². The molecule has 0 atom stereocenters. The normalized spacial score (nSPS) is 12.3. The molecule has 0 bridgehead atoms. The first-order chi connectivity index (χ1) is 15.8. The minimum Gasteiger partial charge on any atom is -0.476 e. The van der Waals surface area contributed by atoms with Gasteiger partial charge < -0.3 is 19.1 Å². The Bertz CT molecular complexity index is 1510. The molecule has 0 spiro atoms. The van der Waals surface area contributed by atoms with Gasteiger partial charge in [-0.2, -0.15) is 5.10 Å². The number of ketones is 1. The molecule has 166 valence electrons. The second-order valence-electron chi connectivity index (χ2n) is 7.74. The molecule has 0 amide bonds. The van der Waals surface area contributed by atoms with E-state index in [0.717, 1.165) is 16.1 Å². The number of carbonyl (C=O) groups excluding carboxylic acids is 1. The fraction of sp³-hybridized carbons (Fsp3) is 0.167. The number of rotatable bonds is 5. The lowest BCUT2D eigenvalue weighted by molar-refractivity contribution is 0.0688. The van der Waals surface area contributed by atoms with Crippen LogP contribution in [0.1, 0.15) is 32.2 Å². The Morgan fingerprint density at radius 3 is 2.52 bits per heavy atom. The maximum absolute atomic E-state index is 13.2. The van der Waals surface area contributed by atoms with E-state index in [2.05, 4.69) is 5.10 Å². The highest BCUT2D eigenvalue weighted by Crippen LogP contribution is 2.35. The van der Waals surface area contributed by atoms with Crippen LogP contribution in [0.5, 0.6) is 11.5 Å². The first-order valence-electron chi connectivity index (χ1n) is 10.2. The lowest BCUT2D eigenvalue weighted by atomic mass is 10.1. The zero-order valence-electron chi connectivity index (χ0n) is 17.9. The molecular weight excluding hydrogens is 426 g/mol. The van der Waals surface area contributed by atoms with Gasteiger partial charge in [0.1, 0.15) is 6.54 Å². The van der Waals surface area contributed by atoms with Gasteiger partial charge in [0.15, 0.2) is 23.0 Å². The Morgan fingerprint density at radius 2 is 1.76 bits per heavy atom. The SMILES string of the molecule is Cc1cc(C(=O)Cn2nc(C(=O)O)c3ccccc3c2=O)c(C)n1-c1ccc2c(c1)OCO2. The maximum Gasteiger partial charge on any atom is 0.357 e. The van der Waals surface area contributed by atoms with Crippen LogP contribution in [0.2, 0.25) is 0 Å². The second kappa shape index (κ2) is 7.63. The lowest BCUT2D eigenvalue weighted by Gasteiger charge is -2.11. The van der Waals surface area contributed by atoms with Crippen molar-refractivity contribution < 1.29 is 24.2 Å². The Kier molecular flexibility index (Phi) is 4.74. The fourth-order valence-electron chi connectivity index (χ4n) is 4.19. The van der Waals surface area contributed by atoms with E-state index in [1.165, 1.54) is 12.1 Å². The van der Waals surface area contributed by atoms with E-state index >= 15 is 0 Å². The van der Waals surface area contributed by atoms with Gasteiger partial charge in [0.2, 0.25) is 6.79 Å². The largest absolute Gasteiger partial charge is 0.476 e. The number of aromatic carboxylic acids is 1. The van der Waals surface area contributed by atoms with Gasteiger partial charge in [0.25, 0.3) is 5.56 Å². The number of aromatic nitrogens is 3. The molecule has 0 unspecified atom stereocenters. The molecule has 3 heterocycles. The summed E-state index contributed by atoms with van der Waals surface area (Å²) in [4.78, 5) is 37.8. The number of benzene rings is 2. The first kappa shape index (κ1) is 20.5. The molecule has 4 aromatic rings. The van der Waals surface area contributed by atoms with Gasteiger partial charge in [0, 0.05) is 34.1 Å². The van der Waals surface area contributed by atoms with Crippen molar-refractivity contribution in [2.24, 2.45) is 0 Å². The summed E-state index contributed by atoms with van der Waals surface area (Å²) in [6.07, 6.45) is 0. The third-order valence-corrected chi connectivity index (χ3v) is 5.71. The van der Waals surface area contributed by atoms with Gasteiger partial charge in [-0.3, -0.25) is 9.59 Å². The highest BCUT2D eigenvalue weighted by Gasteiger charge is 2.22. The number of nitrogens with zero attached hydrogens (tertiary/aromatic N) is 3. The van der Waals surface area contributed by atoms with Gasteiger partial charge >= 0.3 is 5.97 Å². The van der Waals surface area contributed by atoms with Crippen molar-refractivity contribution in [2.75, 3.05) is 6.79 Å². The number of Topliss-reactive ketones (excluding diaryl/α,β-unsaturated/α-hetero) is 1. The smallest absolute Gasteiger partial charge is 0.357 e. The fourth-order valence-corrected chi connectivity index (χ4v) is 4.19. The summed E-state index contributed by atoms with van der Waals surface area (Å²) in [7, 11) is 0. The van der Waals surface area contributed by atoms with Crippen LogP contribution in [0.3, 0.4) is 0 Å². The van der Waals surface area contributed by atoms with E-state index in [0.29, 0.717) is 22.8 Å². The molecule has 0 fully saturated rings. The summed E-state index contributed by atoms with van der Waals surface area (Å²) < 4.78 is 13.6. The topological polar surface area (TPSA) is 113 Å². The molecule has 9 heteroatoms. The predicted molar refractivity (Wildman–Crippen MR) is 119 cm³/mol. The average molecular weight is 445 g/mol. The van der Waals surface area contributed by atoms with E-state index in [1.807, 2.05) is 36.6 Å². The summed E-state index contributed by atoms with van der Waals surface area (Å²) in [6.45, 7) is 3.47. The van der Waals surface area contributed by atoms with E-state index in [-0.39, 0.29) is 35.6 Å². The van der Waals surface area contributed by atoms with Crippen LogP contribution >= 0.6 is 0 Å². The van der Waals surface area contributed by atoms with Gasteiger partial charge in [-0.05, 0) is 38.1 Å². The van der Waals surface area contributed by atoms with E-state index < -0.39 is 11.5 Å². The van der Waals surface area contributed by atoms with Crippen molar-refractivity contribution in [1.29, 1.82) is 0 Å². The Labute approximate surface area is 187 Å². The molecule has 1 N–H and O–H groups in total. The number of aryl methyl sites for hydroxylation is 1. The van der Waals surface area contributed by atoms with Crippen LogP contribution in [-0.4, -0.2) is 38.0 Å². The zero-order chi connectivity index (χ0) is 23.3. The third kappa shape index (κ3) is 3.34. The summed E-state index contributed by atoms with van der Waals surface area (Å²) in [5.41, 5.74) is 1.94. The average Bonchev–Trinajstić information content (AvgIpc) is 3.38. The Morgan fingerprint density at radius 1 is 1.03 bits per heavy atom. The van der Waals surface area contributed by atoms with Crippen LogP contribution in [-0.2, 0) is 6.54 Å². The molecule has 0 radical (unpaired) electrons. The van der Waals surface area contributed by atoms with Crippen molar-refractivity contribution in [3.05, 3.63) is 81.5 Å². The molecule has 2 aromatic heterocycles. The molecule has 0 aliphatic carbocycles. The molecule has 1 aliphatic heterocycles. The molecule has 9 nitrogen and oxygen atoms in total. The molecule has 1 aliphatic rings. The van der Waals surface area contributed by atoms with Gasteiger partial charge in [-0.15, -0.1) is 0 Å².